The van der Waals surface area contributed by atoms with Gasteiger partial charge in [0.2, 0.25) is 5.91 Å². The van der Waals surface area contributed by atoms with Crippen LogP contribution in [0.5, 0.6) is 5.75 Å². The van der Waals surface area contributed by atoms with Crippen molar-refractivity contribution in [1.29, 1.82) is 0 Å². The molecule has 132 valence electrons. The van der Waals surface area contributed by atoms with E-state index in [2.05, 4.69) is 36.4 Å². The SMILES string of the molecule is COc1ccc(C2CC(=O)Nc3c2cnn3-c2ccc(C)c(C)c2)cc1. The summed E-state index contributed by atoms with van der Waals surface area (Å²) in [5.41, 5.74) is 5.50. The zero-order valence-electron chi connectivity index (χ0n) is 15.1. The van der Waals surface area contributed by atoms with Crippen molar-refractivity contribution in [3.05, 3.63) is 70.9 Å². The summed E-state index contributed by atoms with van der Waals surface area (Å²) in [7, 11) is 1.65. The van der Waals surface area contributed by atoms with Gasteiger partial charge < -0.3 is 10.1 Å². The van der Waals surface area contributed by atoms with E-state index < -0.39 is 0 Å². The minimum Gasteiger partial charge on any atom is -0.497 e. The number of hydrogen-bond donors (Lipinski definition) is 1. The van der Waals surface area contributed by atoms with Crippen molar-refractivity contribution in [3.63, 3.8) is 0 Å². The van der Waals surface area contributed by atoms with E-state index in [0.717, 1.165) is 28.4 Å². The fraction of sp³-hybridized carbons (Fsp3) is 0.238. The third-order valence-corrected chi connectivity index (χ3v) is 5.07. The van der Waals surface area contributed by atoms with Crippen LogP contribution in [-0.2, 0) is 4.79 Å². The molecule has 1 atom stereocenters. The molecule has 2 aromatic carbocycles. The fourth-order valence-corrected chi connectivity index (χ4v) is 3.41. The van der Waals surface area contributed by atoms with Crippen LogP contribution in [-0.4, -0.2) is 22.8 Å². The first-order valence-corrected chi connectivity index (χ1v) is 8.66. The van der Waals surface area contributed by atoms with Crippen LogP contribution in [0.1, 0.15) is 34.6 Å². The van der Waals surface area contributed by atoms with Crippen LogP contribution >= 0.6 is 0 Å². The Bertz CT molecular complexity index is 973. The second-order valence-corrected chi connectivity index (χ2v) is 6.71. The molecule has 0 saturated heterocycles. The Morgan fingerprint density at radius 2 is 1.88 bits per heavy atom. The molecule has 0 spiro atoms. The van der Waals surface area contributed by atoms with E-state index in [-0.39, 0.29) is 11.8 Å². The smallest absolute Gasteiger partial charge is 0.226 e. The number of anilines is 1. The van der Waals surface area contributed by atoms with Crippen molar-refractivity contribution < 1.29 is 9.53 Å². The first-order chi connectivity index (χ1) is 12.6. The Kier molecular flexibility index (Phi) is 3.99. The molecular weight excluding hydrogens is 326 g/mol. The molecule has 0 saturated carbocycles. The lowest BCUT2D eigenvalue weighted by Crippen LogP contribution is -2.24. The first-order valence-electron chi connectivity index (χ1n) is 8.66. The van der Waals surface area contributed by atoms with Crippen molar-refractivity contribution in [1.82, 2.24) is 9.78 Å². The monoisotopic (exact) mass is 347 g/mol. The summed E-state index contributed by atoms with van der Waals surface area (Å²) >= 11 is 0. The Hall–Kier alpha value is -3.08. The standard InChI is InChI=1S/C21H21N3O2/c1-13-4-7-16(10-14(13)2)24-21-19(12-22-24)18(11-20(25)23-21)15-5-8-17(26-3)9-6-15/h4-10,12,18H,11H2,1-3H3,(H,23,25). The summed E-state index contributed by atoms with van der Waals surface area (Å²) in [6.45, 7) is 4.16. The topological polar surface area (TPSA) is 56.1 Å². The lowest BCUT2D eigenvalue weighted by molar-refractivity contribution is -0.116. The van der Waals surface area contributed by atoms with E-state index in [4.69, 9.17) is 4.74 Å². The number of fused-ring (bicyclic) bond motifs is 1. The number of carbonyl (C=O) groups is 1. The predicted molar refractivity (Wildman–Crippen MR) is 101 cm³/mol. The highest BCUT2D eigenvalue weighted by atomic mass is 16.5. The maximum absolute atomic E-state index is 12.4. The number of ether oxygens (including phenoxy) is 1. The van der Waals surface area contributed by atoms with E-state index >= 15 is 0 Å². The molecule has 3 aromatic rings. The van der Waals surface area contributed by atoms with Crippen LogP contribution in [0, 0.1) is 13.8 Å². The predicted octanol–water partition coefficient (Wildman–Crippen LogP) is 3.97. The van der Waals surface area contributed by atoms with Gasteiger partial charge in [0.05, 0.1) is 19.0 Å². The van der Waals surface area contributed by atoms with Crippen molar-refractivity contribution in [2.45, 2.75) is 26.2 Å². The summed E-state index contributed by atoms with van der Waals surface area (Å²) in [6.07, 6.45) is 2.27. The highest BCUT2D eigenvalue weighted by Gasteiger charge is 2.30. The van der Waals surface area contributed by atoms with E-state index in [1.165, 1.54) is 11.1 Å². The van der Waals surface area contributed by atoms with Gasteiger partial charge in [0.1, 0.15) is 11.6 Å². The minimum atomic E-state index is -0.00930. The van der Waals surface area contributed by atoms with Crippen LogP contribution in [0.25, 0.3) is 5.69 Å². The molecular formula is C21H21N3O2. The maximum atomic E-state index is 12.4. The maximum Gasteiger partial charge on any atom is 0.226 e. The molecule has 0 aliphatic carbocycles. The van der Waals surface area contributed by atoms with E-state index in [1.54, 1.807) is 7.11 Å². The van der Waals surface area contributed by atoms with Crippen LogP contribution in [0.2, 0.25) is 0 Å². The molecule has 2 heterocycles. The quantitative estimate of drug-likeness (QED) is 0.780. The average molecular weight is 347 g/mol. The van der Waals surface area contributed by atoms with Crippen molar-refractivity contribution >= 4 is 11.7 Å². The minimum absolute atomic E-state index is 0.00361. The molecule has 4 rings (SSSR count). The van der Waals surface area contributed by atoms with Crippen LogP contribution < -0.4 is 10.1 Å². The zero-order valence-corrected chi connectivity index (χ0v) is 15.1. The molecule has 1 amide bonds. The van der Waals surface area contributed by atoms with E-state index in [1.807, 2.05) is 41.2 Å². The Morgan fingerprint density at radius 3 is 2.58 bits per heavy atom. The molecule has 0 bridgehead atoms. The van der Waals surface area contributed by atoms with Gasteiger partial charge in [-0.25, -0.2) is 4.68 Å². The molecule has 1 aromatic heterocycles. The third kappa shape index (κ3) is 2.75. The Balaban J connectivity index is 1.78. The van der Waals surface area contributed by atoms with Gasteiger partial charge in [-0.2, -0.15) is 5.10 Å². The number of aromatic nitrogens is 2. The van der Waals surface area contributed by atoms with Crippen molar-refractivity contribution in [2.24, 2.45) is 0 Å². The number of hydrogen-bond acceptors (Lipinski definition) is 3. The number of amides is 1. The molecule has 1 N–H and O–H groups in total. The van der Waals surface area contributed by atoms with Crippen molar-refractivity contribution in [3.8, 4) is 11.4 Å². The Labute approximate surface area is 152 Å². The van der Waals surface area contributed by atoms with Crippen LogP contribution in [0.4, 0.5) is 5.82 Å². The summed E-state index contributed by atoms with van der Waals surface area (Å²) in [4.78, 5) is 12.4. The van der Waals surface area contributed by atoms with E-state index in [0.29, 0.717) is 6.42 Å². The molecule has 0 fully saturated rings. The van der Waals surface area contributed by atoms with Gasteiger partial charge >= 0.3 is 0 Å². The number of rotatable bonds is 3. The molecule has 5 heteroatoms. The largest absolute Gasteiger partial charge is 0.497 e. The highest BCUT2D eigenvalue weighted by Crippen LogP contribution is 2.38. The second-order valence-electron chi connectivity index (χ2n) is 6.71. The van der Waals surface area contributed by atoms with E-state index in [9.17, 15) is 4.79 Å². The van der Waals surface area contributed by atoms with Crippen molar-refractivity contribution in [2.75, 3.05) is 12.4 Å². The Morgan fingerprint density at radius 1 is 1.12 bits per heavy atom. The van der Waals surface area contributed by atoms with Crippen LogP contribution in [0.15, 0.2) is 48.7 Å². The number of nitrogens with one attached hydrogen (secondary N) is 1. The number of aryl methyl sites for hydroxylation is 2. The molecule has 5 nitrogen and oxygen atoms in total. The molecule has 1 aliphatic heterocycles. The van der Waals surface area contributed by atoms with Gasteiger partial charge in [0.15, 0.2) is 0 Å². The number of benzene rings is 2. The van der Waals surface area contributed by atoms with Gasteiger partial charge in [-0.15, -0.1) is 0 Å². The number of nitrogens with zero attached hydrogens (tertiary/aromatic N) is 2. The summed E-state index contributed by atoms with van der Waals surface area (Å²) in [5.74, 6) is 1.55. The summed E-state index contributed by atoms with van der Waals surface area (Å²) in [5, 5.41) is 7.56. The number of carbonyl (C=O) groups excluding carboxylic acids is 1. The second kappa shape index (κ2) is 6.33. The zero-order chi connectivity index (χ0) is 18.3. The average Bonchev–Trinajstić information content (AvgIpc) is 3.07. The van der Waals surface area contributed by atoms with Gasteiger partial charge in [-0.1, -0.05) is 18.2 Å². The number of methoxy groups -OCH3 is 1. The fourth-order valence-electron chi connectivity index (χ4n) is 3.41. The van der Waals surface area contributed by atoms with Gasteiger partial charge in [0, 0.05) is 17.9 Å². The normalized spacial score (nSPS) is 16.1. The molecule has 1 aliphatic rings. The van der Waals surface area contributed by atoms with Crippen LogP contribution in [0.3, 0.4) is 0 Å². The summed E-state index contributed by atoms with van der Waals surface area (Å²) < 4.78 is 7.05. The first kappa shape index (κ1) is 16.4. The third-order valence-electron chi connectivity index (χ3n) is 5.07. The summed E-state index contributed by atoms with van der Waals surface area (Å²) in [6, 6.07) is 14.1. The molecule has 26 heavy (non-hydrogen) atoms. The lowest BCUT2D eigenvalue weighted by atomic mass is 9.87. The molecule has 0 radical (unpaired) electrons. The van der Waals surface area contributed by atoms with Gasteiger partial charge in [-0.05, 0) is 54.8 Å². The van der Waals surface area contributed by atoms with Gasteiger partial charge in [-0.3, -0.25) is 4.79 Å². The van der Waals surface area contributed by atoms with Gasteiger partial charge in [0.25, 0.3) is 0 Å². The molecule has 1 unspecified atom stereocenters. The highest BCUT2D eigenvalue weighted by molar-refractivity contribution is 5.94. The lowest BCUT2D eigenvalue weighted by Gasteiger charge is -2.24.